The molecule has 2 fully saturated rings. The van der Waals surface area contributed by atoms with Crippen LogP contribution < -0.4 is 0 Å². The molecule has 156 valence electrons. The van der Waals surface area contributed by atoms with Crippen LogP contribution in [0.3, 0.4) is 0 Å². The van der Waals surface area contributed by atoms with Crippen molar-refractivity contribution >= 4 is 27.5 Å². The van der Waals surface area contributed by atoms with Gasteiger partial charge in [-0.1, -0.05) is 30.0 Å². The van der Waals surface area contributed by atoms with E-state index in [9.17, 15) is 13.2 Å². The van der Waals surface area contributed by atoms with Crippen molar-refractivity contribution in [1.29, 1.82) is 0 Å². The first-order chi connectivity index (χ1) is 13.9. The average molecular weight is 435 g/mol. The summed E-state index contributed by atoms with van der Waals surface area (Å²) in [5, 5.41) is 0.808. The van der Waals surface area contributed by atoms with Gasteiger partial charge in [0.15, 0.2) is 15.0 Å². The number of sulfone groups is 1. The first kappa shape index (κ1) is 20.4. The second-order valence-corrected chi connectivity index (χ2v) is 10.8. The lowest BCUT2D eigenvalue weighted by atomic mass is 10.2. The Hall–Kier alpha value is -1.84. The number of nitrogens with zero attached hydrogens (tertiary/aromatic N) is 4. The molecule has 2 aromatic rings. The van der Waals surface area contributed by atoms with E-state index in [0.29, 0.717) is 31.0 Å². The van der Waals surface area contributed by atoms with E-state index in [1.54, 1.807) is 6.20 Å². The topological polar surface area (TPSA) is 75.5 Å². The molecular weight excluding hydrogens is 408 g/mol. The van der Waals surface area contributed by atoms with Gasteiger partial charge in [0.1, 0.15) is 0 Å². The first-order valence-corrected chi connectivity index (χ1v) is 12.7. The molecule has 0 aliphatic carbocycles. The number of aryl methyl sites for hydroxylation is 1. The lowest BCUT2D eigenvalue weighted by Crippen LogP contribution is -2.52. The van der Waals surface area contributed by atoms with Crippen LogP contribution in [0.15, 0.2) is 41.8 Å². The highest BCUT2D eigenvalue weighted by atomic mass is 32.2. The van der Waals surface area contributed by atoms with Crippen molar-refractivity contribution in [1.82, 2.24) is 19.4 Å². The Bertz CT molecular complexity index is 981. The van der Waals surface area contributed by atoms with Crippen molar-refractivity contribution in [3.05, 3.63) is 42.2 Å². The van der Waals surface area contributed by atoms with Crippen LogP contribution in [0.2, 0.25) is 0 Å². The molecule has 2 aliphatic heterocycles. The summed E-state index contributed by atoms with van der Waals surface area (Å²) in [5.41, 5.74) is 2.23. The van der Waals surface area contributed by atoms with Crippen LogP contribution in [0.25, 0.3) is 5.69 Å². The first-order valence-electron chi connectivity index (χ1n) is 9.87. The van der Waals surface area contributed by atoms with E-state index < -0.39 is 9.84 Å². The van der Waals surface area contributed by atoms with Gasteiger partial charge in [-0.15, -0.1) is 0 Å². The number of hydrogen-bond acceptors (Lipinski definition) is 6. The third kappa shape index (κ3) is 4.67. The predicted octanol–water partition coefficient (Wildman–Crippen LogP) is 1.60. The smallest absolute Gasteiger partial charge is 0.233 e. The molecule has 9 heteroatoms. The highest BCUT2D eigenvalue weighted by molar-refractivity contribution is 7.99. The molecule has 0 N–H and O–H groups in total. The van der Waals surface area contributed by atoms with Gasteiger partial charge in [0, 0.05) is 44.6 Å². The zero-order valence-corrected chi connectivity index (χ0v) is 18.2. The van der Waals surface area contributed by atoms with Crippen LogP contribution in [0.4, 0.5) is 0 Å². The van der Waals surface area contributed by atoms with Crippen LogP contribution >= 0.6 is 11.8 Å². The van der Waals surface area contributed by atoms with Crippen molar-refractivity contribution in [2.45, 2.75) is 24.5 Å². The van der Waals surface area contributed by atoms with E-state index >= 15 is 0 Å². The lowest BCUT2D eigenvalue weighted by molar-refractivity contribution is -0.130. The van der Waals surface area contributed by atoms with Crippen LogP contribution in [-0.2, 0) is 14.6 Å². The molecule has 7 nitrogen and oxygen atoms in total. The van der Waals surface area contributed by atoms with E-state index in [-0.39, 0.29) is 17.7 Å². The number of hydrogen-bond donors (Lipinski definition) is 0. The molecule has 29 heavy (non-hydrogen) atoms. The molecule has 2 saturated heterocycles. The maximum atomic E-state index is 12.7. The molecule has 1 aromatic carbocycles. The van der Waals surface area contributed by atoms with Crippen molar-refractivity contribution in [2.24, 2.45) is 0 Å². The summed E-state index contributed by atoms with van der Waals surface area (Å²) in [6, 6.07) is 8.23. The third-order valence-corrected chi connectivity index (χ3v) is 8.40. The SMILES string of the molecule is Cc1ccccc1-n1ccnc1SCC(=O)N1CCN([C@@H]2CCS(=O)(=O)C2)CC1. The van der Waals surface area contributed by atoms with Crippen molar-refractivity contribution in [2.75, 3.05) is 43.4 Å². The molecule has 0 radical (unpaired) electrons. The van der Waals surface area contributed by atoms with Gasteiger partial charge in [0.25, 0.3) is 0 Å². The minimum Gasteiger partial charge on any atom is -0.339 e. The van der Waals surface area contributed by atoms with E-state index in [0.717, 1.165) is 29.5 Å². The fourth-order valence-electron chi connectivity index (χ4n) is 4.03. The van der Waals surface area contributed by atoms with Crippen LogP contribution in [0.1, 0.15) is 12.0 Å². The average Bonchev–Trinajstić information content (AvgIpc) is 3.32. The Morgan fingerprint density at radius 3 is 2.66 bits per heavy atom. The van der Waals surface area contributed by atoms with Crippen molar-refractivity contribution in [3.63, 3.8) is 0 Å². The quantitative estimate of drug-likeness (QED) is 0.666. The van der Waals surface area contributed by atoms with Gasteiger partial charge in [0.2, 0.25) is 5.91 Å². The highest BCUT2D eigenvalue weighted by Gasteiger charge is 2.34. The van der Waals surface area contributed by atoms with Gasteiger partial charge in [0.05, 0.1) is 22.9 Å². The van der Waals surface area contributed by atoms with E-state index in [1.807, 2.05) is 33.9 Å². The minimum atomic E-state index is -2.87. The minimum absolute atomic E-state index is 0.105. The molecule has 1 atom stereocenters. The number of piperazine rings is 1. The Morgan fingerprint density at radius 1 is 1.21 bits per heavy atom. The molecular formula is C20H26N4O3S2. The highest BCUT2D eigenvalue weighted by Crippen LogP contribution is 2.24. The van der Waals surface area contributed by atoms with E-state index in [1.165, 1.54) is 11.8 Å². The fraction of sp³-hybridized carbons (Fsp3) is 0.500. The molecule has 4 rings (SSSR count). The number of benzene rings is 1. The standard InChI is InChI=1S/C20H26N4O3S2/c1-16-4-2-3-5-18(16)24-8-7-21-20(24)28-14-19(25)23-11-9-22(10-12-23)17-6-13-29(26,27)15-17/h2-5,7-8,17H,6,9-15H2,1H3/t17-/m1/s1. The molecule has 2 aliphatic rings. The molecule has 1 aromatic heterocycles. The molecule has 0 bridgehead atoms. The summed E-state index contributed by atoms with van der Waals surface area (Å²) in [4.78, 5) is 21.2. The number of thioether (sulfide) groups is 1. The second-order valence-electron chi connectivity index (χ2n) is 7.63. The van der Waals surface area contributed by atoms with Gasteiger partial charge in [-0.3, -0.25) is 14.3 Å². The molecule has 0 saturated carbocycles. The zero-order valence-electron chi connectivity index (χ0n) is 16.5. The Labute approximate surface area is 176 Å². The summed E-state index contributed by atoms with van der Waals surface area (Å²) >= 11 is 1.45. The lowest BCUT2D eigenvalue weighted by Gasteiger charge is -2.37. The van der Waals surface area contributed by atoms with Crippen molar-refractivity contribution < 1.29 is 13.2 Å². The van der Waals surface area contributed by atoms with E-state index in [2.05, 4.69) is 22.9 Å². The Balaban J connectivity index is 1.31. The Kier molecular flexibility index (Phi) is 5.98. The molecule has 0 spiro atoms. The number of amides is 1. The number of para-hydroxylation sites is 1. The maximum absolute atomic E-state index is 12.7. The van der Waals surface area contributed by atoms with Gasteiger partial charge >= 0.3 is 0 Å². The summed E-state index contributed by atoms with van der Waals surface area (Å²) in [7, 11) is -2.87. The van der Waals surface area contributed by atoms with E-state index in [4.69, 9.17) is 0 Å². The second kappa shape index (κ2) is 8.49. The predicted molar refractivity (Wildman–Crippen MR) is 114 cm³/mol. The van der Waals surface area contributed by atoms with Gasteiger partial charge in [-0.25, -0.2) is 13.4 Å². The number of imidazole rings is 1. The summed E-state index contributed by atoms with van der Waals surface area (Å²) in [5.74, 6) is 1.01. The molecule has 1 amide bonds. The van der Waals surface area contributed by atoms with Gasteiger partial charge < -0.3 is 4.90 Å². The number of aromatic nitrogens is 2. The number of carbonyl (C=O) groups excluding carboxylic acids is 1. The normalized spacial score (nSPS) is 22.1. The fourth-order valence-corrected chi connectivity index (χ4v) is 6.66. The largest absolute Gasteiger partial charge is 0.339 e. The van der Waals surface area contributed by atoms with Crippen LogP contribution in [0, 0.1) is 6.92 Å². The maximum Gasteiger partial charge on any atom is 0.233 e. The van der Waals surface area contributed by atoms with Crippen LogP contribution in [0.5, 0.6) is 0 Å². The van der Waals surface area contributed by atoms with Crippen LogP contribution in [-0.4, -0.2) is 83.2 Å². The molecule has 0 unspecified atom stereocenters. The third-order valence-electron chi connectivity index (χ3n) is 5.70. The van der Waals surface area contributed by atoms with Crippen molar-refractivity contribution in [3.8, 4) is 5.69 Å². The molecule has 3 heterocycles. The summed E-state index contributed by atoms with van der Waals surface area (Å²) in [6.45, 7) is 4.86. The summed E-state index contributed by atoms with van der Waals surface area (Å²) in [6.07, 6.45) is 4.39. The zero-order chi connectivity index (χ0) is 20.4. The monoisotopic (exact) mass is 434 g/mol. The Morgan fingerprint density at radius 2 is 1.97 bits per heavy atom. The summed E-state index contributed by atoms with van der Waals surface area (Å²) < 4.78 is 25.4. The van der Waals surface area contributed by atoms with Gasteiger partial charge in [-0.2, -0.15) is 0 Å². The van der Waals surface area contributed by atoms with Gasteiger partial charge in [-0.05, 0) is 25.0 Å². The number of carbonyl (C=O) groups is 1. The number of rotatable bonds is 5.